The molecule has 0 aliphatic carbocycles. The summed E-state index contributed by atoms with van der Waals surface area (Å²) in [5.74, 6) is -3.17. The molecule has 0 aromatic rings. The molecule has 2 atom stereocenters. The molecule has 1 N–H and O–H groups in total. The number of carbonyl (C=O) groups is 2. The van der Waals surface area contributed by atoms with Gasteiger partial charge in [0.2, 0.25) is 5.78 Å². The van der Waals surface area contributed by atoms with Gasteiger partial charge in [-0.2, -0.15) is 0 Å². The van der Waals surface area contributed by atoms with Crippen molar-refractivity contribution >= 4 is 11.8 Å². The quantitative estimate of drug-likeness (QED) is 0.516. The number of carbonyl (C=O) groups excluding carboxylic acids is 1. The van der Waals surface area contributed by atoms with E-state index in [1.165, 1.54) is 7.11 Å². The topological polar surface area (TPSA) is 91.3 Å². The van der Waals surface area contributed by atoms with Gasteiger partial charge in [-0.25, -0.2) is 4.79 Å². The minimum Gasteiger partial charge on any atom is -0.475 e. The molecule has 18 heavy (non-hydrogen) atoms. The maximum atomic E-state index is 11.2. The summed E-state index contributed by atoms with van der Waals surface area (Å²) >= 11 is 0. The van der Waals surface area contributed by atoms with Gasteiger partial charge in [0.05, 0.1) is 12.7 Å². The number of Topliss-reactive ketones (excluding diaryl/α,β-unsaturated/α-hetero) is 1. The lowest BCUT2D eigenvalue weighted by molar-refractivity contribution is -0.173. The first-order valence-corrected chi connectivity index (χ1v) is 5.54. The number of carboxylic acids is 1. The molecule has 0 radical (unpaired) electrons. The van der Waals surface area contributed by atoms with Gasteiger partial charge in [-0.3, -0.25) is 4.79 Å². The Hall–Kier alpha value is -1.02. The van der Waals surface area contributed by atoms with Crippen LogP contribution in [-0.4, -0.2) is 55.4 Å². The Morgan fingerprint density at radius 1 is 1.50 bits per heavy atom. The fraction of sp³-hybridized carbons (Fsp3) is 0.818. The Morgan fingerprint density at radius 3 is 2.61 bits per heavy atom. The first-order chi connectivity index (χ1) is 8.35. The van der Waals surface area contributed by atoms with E-state index < -0.39 is 29.7 Å². The van der Waals surface area contributed by atoms with Crippen LogP contribution < -0.4 is 0 Å². The van der Waals surface area contributed by atoms with Crippen LogP contribution in [0.5, 0.6) is 0 Å². The van der Waals surface area contributed by atoms with Crippen molar-refractivity contribution in [2.45, 2.75) is 38.3 Å². The smallest absolute Gasteiger partial charge is 0.372 e. The lowest BCUT2D eigenvalue weighted by Gasteiger charge is -2.23. The second-order valence-corrected chi connectivity index (χ2v) is 4.41. The molecule has 0 unspecified atom stereocenters. The molecule has 1 heterocycles. The zero-order chi connectivity index (χ0) is 13.8. The number of methoxy groups -OCH3 is 1. The molecule has 1 aliphatic heterocycles. The van der Waals surface area contributed by atoms with Crippen molar-refractivity contribution in [2.75, 3.05) is 20.5 Å². The molecule has 7 nitrogen and oxygen atoms in total. The van der Waals surface area contributed by atoms with Crippen LogP contribution in [0.1, 0.15) is 20.3 Å². The highest BCUT2D eigenvalue weighted by Gasteiger charge is 2.39. The van der Waals surface area contributed by atoms with Gasteiger partial charge < -0.3 is 24.1 Å². The number of hydrogen-bond donors (Lipinski definition) is 1. The Balaban J connectivity index is 2.61. The molecule has 0 aromatic carbocycles. The van der Waals surface area contributed by atoms with Crippen LogP contribution in [0.2, 0.25) is 0 Å². The highest BCUT2D eigenvalue weighted by atomic mass is 16.8. The van der Waals surface area contributed by atoms with Crippen LogP contribution in [0.15, 0.2) is 0 Å². The third-order valence-electron chi connectivity index (χ3n) is 2.47. The Labute approximate surface area is 105 Å². The zero-order valence-electron chi connectivity index (χ0n) is 10.7. The number of rotatable bonds is 7. The molecule has 1 saturated heterocycles. The zero-order valence-corrected chi connectivity index (χ0v) is 10.7. The number of carboxylic acid groups (broad SMARTS) is 1. The fourth-order valence-electron chi connectivity index (χ4n) is 1.62. The Bertz CT molecular complexity index is 313. The minimum absolute atomic E-state index is 0.0438. The molecule has 104 valence electrons. The van der Waals surface area contributed by atoms with Gasteiger partial charge in [0, 0.05) is 13.5 Å². The predicted molar refractivity (Wildman–Crippen MR) is 58.9 cm³/mol. The van der Waals surface area contributed by atoms with Gasteiger partial charge >= 0.3 is 5.97 Å². The van der Waals surface area contributed by atoms with Crippen LogP contribution in [0.3, 0.4) is 0 Å². The van der Waals surface area contributed by atoms with E-state index in [-0.39, 0.29) is 19.8 Å². The molecular formula is C11H18O7. The van der Waals surface area contributed by atoms with Crippen molar-refractivity contribution in [2.24, 2.45) is 0 Å². The van der Waals surface area contributed by atoms with Gasteiger partial charge in [0.15, 0.2) is 5.79 Å². The number of ketones is 1. The van der Waals surface area contributed by atoms with Crippen molar-refractivity contribution in [3.8, 4) is 0 Å². The van der Waals surface area contributed by atoms with E-state index in [1.54, 1.807) is 13.8 Å². The number of hydrogen-bond acceptors (Lipinski definition) is 6. The summed E-state index contributed by atoms with van der Waals surface area (Å²) in [7, 11) is 1.44. The Kier molecular flexibility index (Phi) is 5.21. The molecule has 7 heteroatoms. The molecule has 0 bridgehead atoms. The first-order valence-electron chi connectivity index (χ1n) is 5.54. The van der Waals surface area contributed by atoms with Gasteiger partial charge in [0.1, 0.15) is 12.9 Å². The average molecular weight is 262 g/mol. The summed E-state index contributed by atoms with van der Waals surface area (Å²) in [6.07, 6.45) is -1.46. The van der Waals surface area contributed by atoms with Crippen molar-refractivity contribution in [1.82, 2.24) is 0 Å². The molecule has 0 spiro atoms. The Morgan fingerprint density at radius 2 is 2.17 bits per heavy atom. The number of ether oxygens (including phenoxy) is 4. The minimum atomic E-state index is -1.49. The van der Waals surface area contributed by atoms with Gasteiger partial charge in [-0.15, -0.1) is 0 Å². The van der Waals surface area contributed by atoms with Crippen molar-refractivity contribution < 1.29 is 33.6 Å². The van der Waals surface area contributed by atoms with Gasteiger partial charge in [-0.1, -0.05) is 0 Å². The largest absolute Gasteiger partial charge is 0.475 e. The summed E-state index contributed by atoms with van der Waals surface area (Å²) in [6, 6.07) is 0. The van der Waals surface area contributed by atoms with E-state index in [9.17, 15) is 9.59 Å². The van der Waals surface area contributed by atoms with Crippen molar-refractivity contribution in [3.63, 3.8) is 0 Å². The van der Waals surface area contributed by atoms with Crippen LogP contribution in [0.4, 0.5) is 0 Å². The van der Waals surface area contributed by atoms with E-state index in [1.807, 2.05) is 0 Å². The average Bonchev–Trinajstić information content (AvgIpc) is 2.64. The molecule has 1 aliphatic rings. The molecule has 1 rings (SSSR count). The lowest BCUT2D eigenvalue weighted by Crippen LogP contribution is -2.36. The lowest BCUT2D eigenvalue weighted by atomic mass is 10.1. The summed E-state index contributed by atoms with van der Waals surface area (Å²) in [6.45, 7) is 3.67. The maximum absolute atomic E-state index is 11.2. The van der Waals surface area contributed by atoms with E-state index >= 15 is 0 Å². The first kappa shape index (κ1) is 15.0. The molecule has 0 amide bonds. The molecule has 1 fully saturated rings. The normalized spacial score (nSPS) is 23.8. The molecular weight excluding hydrogens is 244 g/mol. The predicted octanol–water partition coefficient (Wildman–Crippen LogP) is 0.171. The van der Waals surface area contributed by atoms with E-state index in [0.717, 1.165) is 0 Å². The summed E-state index contributed by atoms with van der Waals surface area (Å²) in [5, 5.41) is 8.59. The van der Waals surface area contributed by atoms with Crippen molar-refractivity contribution in [1.29, 1.82) is 0 Å². The molecule has 0 saturated carbocycles. The van der Waals surface area contributed by atoms with Gasteiger partial charge in [-0.05, 0) is 13.8 Å². The fourth-order valence-corrected chi connectivity index (χ4v) is 1.62. The monoisotopic (exact) mass is 262 g/mol. The van der Waals surface area contributed by atoms with E-state index in [2.05, 4.69) is 0 Å². The SMILES string of the molecule is COCO[C@@H](CC(=O)C(=O)O)[C@H]1COC(C)(C)O1. The van der Waals surface area contributed by atoms with E-state index in [4.69, 9.17) is 24.1 Å². The summed E-state index contributed by atoms with van der Waals surface area (Å²) in [4.78, 5) is 21.8. The third-order valence-corrected chi connectivity index (χ3v) is 2.47. The van der Waals surface area contributed by atoms with Crippen LogP contribution >= 0.6 is 0 Å². The highest BCUT2D eigenvalue weighted by molar-refractivity contribution is 6.32. The number of aliphatic carboxylic acids is 1. The second kappa shape index (κ2) is 6.24. The molecule has 0 aromatic heterocycles. The standard InChI is InChI=1S/C11H18O7/c1-11(2)17-5-9(18-11)8(16-6-15-3)4-7(12)10(13)14/h8-9H,4-6H2,1-3H3,(H,13,14)/t8-,9+/m0/s1. The van der Waals surface area contributed by atoms with Crippen LogP contribution in [-0.2, 0) is 28.5 Å². The third kappa shape index (κ3) is 4.34. The highest BCUT2D eigenvalue weighted by Crippen LogP contribution is 2.26. The van der Waals surface area contributed by atoms with Crippen LogP contribution in [0, 0.1) is 0 Å². The van der Waals surface area contributed by atoms with E-state index in [0.29, 0.717) is 0 Å². The van der Waals surface area contributed by atoms with Gasteiger partial charge in [0.25, 0.3) is 0 Å². The van der Waals surface area contributed by atoms with Crippen LogP contribution in [0.25, 0.3) is 0 Å². The summed E-state index contributed by atoms with van der Waals surface area (Å²) in [5.41, 5.74) is 0. The second-order valence-electron chi connectivity index (χ2n) is 4.41. The summed E-state index contributed by atoms with van der Waals surface area (Å²) < 4.78 is 20.9. The maximum Gasteiger partial charge on any atom is 0.372 e. The van der Waals surface area contributed by atoms with Crippen molar-refractivity contribution in [3.05, 3.63) is 0 Å².